The zero-order valence-corrected chi connectivity index (χ0v) is 13.1. The number of rotatable bonds is 5. The van der Waals surface area contributed by atoms with Crippen LogP contribution in [-0.2, 0) is 10.0 Å². The molecule has 1 aromatic carbocycles. The smallest absolute Gasteiger partial charge is 0.243 e. The molecule has 1 aromatic rings. The Morgan fingerprint density at radius 3 is 2.86 bits per heavy atom. The van der Waals surface area contributed by atoms with Gasteiger partial charge in [0.2, 0.25) is 10.0 Å². The number of hydrogen-bond acceptors (Lipinski definition) is 3. The Bertz CT molecular complexity index is 589. The fraction of sp³-hybridized carbons (Fsp3) is 0.600. The van der Waals surface area contributed by atoms with E-state index in [4.69, 9.17) is 5.73 Å². The SMILES string of the molecule is CC1CCCC(CCNS(=O)(=O)c2cc(N)ccc2F)C1. The first-order valence-electron chi connectivity index (χ1n) is 7.43. The maximum atomic E-state index is 13.6. The number of nitrogen functional groups attached to an aromatic ring is 1. The van der Waals surface area contributed by atoms with Gasteiger partial charge in [-0.2, -0.15) is 0 Å². The molecular formula is C15H23FN2O2S. The monoisotopic (exact) mass is 314 g/mol. The van der Waals surface area contributed by atoms with Crippen LogP contribution in [0.15, 0.2) is 23.1 Å². The van der Waals surface area contributed by atoms with Crippen LogP contribution < -0.4 is 10.5 Å². The lowest BCUT2D eigenvalue weighted by molar-refractivity contribution is 0.271. The third-order valence-electron chi connectivity index (χ3n) is 4.13. The number of hydrogen-bond donors (Lipinski definition) is 2. The molecule has 0 spiro atoms. The standard InChI is InChI=1S/C15H23FN2O2S/c1-11-3-2-4-12(9-11)7-8-18-21(19,20)15-10-13(17)5-6-14(15)16/h5-6,10-12,18H,2-4,7-9,17H2,1H3. The van der Waals surface area contributed by atoms with Gasteiger partial charge in [-0.1, -0.05) is 26.2 Å². The maximum Gasteiger partial charge on any atom is 0.243 e. The Hall–Kier alpha value is -1.14. The number of benzene rings is 1. The summed E-state index contributed by atoms with van der Waals surface area (Å²) in [5.74, 6) is 0.497. The minimum atomic E-state index is -3.83. The maximum absolute atomic E-state index is 13.6. The molecule has 118 valence electrons. The molecule has 21 heavy (non-hydrogen) atoms. The van der Waals surface area contributed by atoms with Gasteiger partial charge in [-0.05, 0) is 42.9 Å². The first kappa shape index (κ1) is 16.2. The molecule has 0 amide bonds. The lowest BCUT2D eigenvalue weighted by Crippen LogP contribution is -2.28. The molecule has 2 atom stereocenters. The molecule has 0 heterocycles. The highest BCUT2D eigenvalue weighted by Crippen LogP contribution is 2.30. The van der Waals surface area contributed by atoms with Crippen LogP contribution in [0.5, 0.6) is 0 Å². The topological polar surface area (TPSA) is 72.2 Å². The summed E-state index contributed by atoms with van der Waals surface area (Å²) in [6.45, 7) is 2.58. The fourth-order valence-corrected chi connectivity index (χ4v) is 4.18. The van der Waals surface area contributed by atoms with Gasteiger partial charge < -0.3 is 5.73 Å². The van der Waals surface area contributed by atoms with Gasteiger partial charge in [0, 0.05) is 12.2 Å². The van der Waals surface area contributed by atoms with Gasteiger partial charge in [-0.25, -0.2) is 17.5 Å². The van der Waals surface area contributed by atoms with Crippen molar-refractivity contribution in [2.75, 3.05) is 12.3 Å². The van der Waals surface area contributed by atoms with Crippen molar-refractivity contribution in [2.45, 2.75) is 43.9 Å². The second-order valence-corrected chi connectivity index (χ2v) is 7.75. The highest BCUT2D eigenvalue weighted by molar-refractivity contribution is 7.89. The quantitative estimate of drug-likeness (QED) is 0.821. The molecular weight excluding hydrogens is 291 g/mol. The van der Waals surface area contributed by atoms with Crippen LogP contribution in [0, 0.1) is 17.7 Å². The average molecular weight is 314 g/mol. The van der Waals surface area contributed by atoms with Crippen molar-refractivity contribution in [3.8, 4) is 0 Å². The van der Waals surface area contributed by atoms with Crippen LogP contribution in [0.1, 0.15) is 39.0 Å². The van der Waals surface area contributed by atoms with Crippen LogP contribution >= 0.6 is 0 Å². The van der Waals surface area contributed by atoms with Crippen LogP contribution in [-0.4, -0.2) is 15.0 Å². The highest BCUT2D eigenvalue weighted by atomic mass is 32.2. The highest BCUT2D eigenvalue weighted by Gasteiger charge is 2.22. The van der Waals surface area contributed by atoms with Gasteiger partial charge in [0.15, 0.2) is 0 Å². The van der Waals surface area contributed by atoms with Gasteiger partial charge in [0.25, 0.3) is 0 Å². The Balaban J connectivity index is 1.93. The lowest BCUT2D eigenvalue weighted by atomic mass is 9.81. The van der Waals surface area contributed by atoms with E-state index < -0.39 is 15.8 Å². The fourth-order valence-electron chi connectivity index (χ4n) is 3.02. The summed E-state index contributed by atoms with van der Waals surface area (Å²) in [5, 5.41) is 0. The molecule has 1 fully saturated rings. The van der Waals surface area contributed by atoms with E-state index in [9.17, 15) is 12.8 Å². The van der Waals surface area contributed by atoms with Crippen molar-refractivity contribution in [1.29, 1.82) is 0 Å². The van der Waals surface area contributed by atoms with Crippen molar-refractivity contribution in [3.63, 3.8) is 0 Å². The molecule has 3 N–H and O–H groups in total. The van der Waals surface area contributed by atoms with Crippen molar-refractivity contribution < 1.29 is 12.8 Å². The van der Waals surface area contributed by atoms with Crippen molar-refractivity contribution in [3.05, 3.63) is 24.0 Å². The van der Waals surface area contributed by atoms with E-state index in [1.807, 2.05) is 0 Å². The molecule has 0 aromatic heterocycles. The summed E-state index contributed by atoms with van der Waals surface area (Å²) in [7, 11) is -3.83. The number of nitrogens with one attached hydrogen (secondary N) is 1. The van der Waals surface area contributed by atoms with E-state index in [1.165, 1.54) is 18.9 Å². The summed E-state index contributed by atoms with van der Waals surface area (Å²) in [6.07, 6.45) is 5.57. The number of anilines is 1. The Morgan fingerprint density at radius 2 is 2.14 bits per heavy atom. The molecule has 2 unspecified atom stereocenters. The Morgan fingerprint density at radius 1 is 1.38 bits per heavy atom. The normalized spacial score (nSPS) is 23.1. The van der Waals surface area contributed by atoms with Crippen molar-refractivity contribution >= 4 is 15.7 Å². The summed E-state index contributed by atoms with van der Waals surface area (Å²) < 4.78 is 40.3. The lowest BCUT2D eigenvalue weighted by Gasteiger charge is -2.26. The Kier molecular flexibility index (Phi) is 5.22. The minimum Gasteiger partial charge on any atom is -0.399 e. The largest absolute Gasteiger partial charge is 0.399 e. The second-order valence-electron chi connectivity index (χ2n) is 6.01. The zero-order valence-electron chi connectivity index (χ0n) is 12.3. The number of halogens is 1. The molecule has 6 heteroatoms. The van der Waals surface area contributed by atoms with E-state index in [-0.39, 0.29) is 10.6 Å². The van der Waals surface area contributed by atoms with Crippen molar-refractivity contribution in [1.82, 2.24) is 4.72 Å². The Labute approximate surface area is 126 Å². The minimum absolute atomic E-state index is 0.234. The predicted octanol–water partition coefficient (Wildman–Crippen LogP) is 2.90. The van der Waals surface area contributed by atoms with Gasteiger partial charge in [0.05, 0.1) is 0 Å². The van der Waals surface area contributed by atoms with E-state index in [2.05, 4.69) is 11.6 Å². The molecule has 0 radical (unpaired) electrons. The molecule has 2 rings (SSSR count). The zero-order chi connectivity index (χ0) is 15.5. The third kappa shape index (κ3) is 4.41. The first-order chi connectivity index (χ1) is 9.88. The van der Waals surface area contributed by atoms with Crippen LogP contribution in [0.2, 0.25) is 0 Å². The van der Waals surface area contributed by atoms with Crippen molar-refractivity contribution in [2.24, 2.45) is 11.8 Å². The van der Waals surface area contributed by atoms with Crippen LogP contribution in [0.3, 0.4) is 0 Å². The molecule has 0 saturated heterocycles. The summed E-state index contributed by atoms with van der Waals surface area (Å²) >= 11 is 0. The first-order valence-corrected chi connectivity index (χ1v) is 8.91. The van der Waals surface area contributed by atoms with Gasteiger partial charge in [0.1, 0.15) is 10.7 Å². The van der Waals surface area contributed by atoms with Gasteiger partial charge >= 0.3 is 0 Å². The molecule has 0 bridgehead atoms. The summed E-state index contributed by atoms with van der Waals surface area (Å²) in [4.78, 5) is -0.375. The van der Waals surface area contributed by atoms with Gasteiger partial charge in [-0.3, -0.25) is 0 Å². The van der Waals surface area contributed by atoms with E-state index in [0.717, 1.165) is 31.4 Å². The molecule has 1 aliphatic rings. The molecule has 0 aliphatic heterocycles. The number of nitrogens with two attached hydrogens (primary N) is 1. The van der Waals surface area contributed by atoms with Gasteiger partial charge in [-0.15, -0.1) is 0 Å². The number of sulfonamides is 1. The third-order valence-corrected chi connectivity index (χ3v) is 5.61. The van der Waals surface area contributed by atoms with Crippen LogP contribution in [0.25, 0.3) is 0 Å². The van der Waals surface area contributed by atoms with E-state index in [0.29, 0.717) is 18.4 Å². The molecule has 1 saturated carbocycles. The average Bonchev–Trinajstić information content (AvgIpc) is 2.41. The summed E-state index contributed by atoms with van der Waals surface area (Å²) in [5.41, 5.74) is 5.76. The molecule has 1 aliphatic carbocycles. The molecule has 4 nitrogen and oxygen atoms in total. The predicted molar refractivity (Wildman–Crippen MR) is 81.7 cm³/mol. The van der Waals surface area contributed by atoms with Crippen LogP contribution in [0.4, 0.5) is 10.1 Å². The second kappa shape index (κ2) is 6.75. The summed E-state index contributed by atoms with van der Waals surface area (Å²) in [6, 6.07) is 3.57. The van der Waals surface area contributed by atoms with E-state index in [1.54, 1.807) is 0 Å². The van der Waals surface area contributed by atoms with E-state index >= 15 is 0 Å².